The van der Waals surface area contributed by atoms with Crippen molar-refractivity contribution in [2.75, 3.05) is 37.4 Å². The van der Waals surface area contributed by atoms with Crippen LogP contribution >= 0.6 is 34.8 Å². The summed E-state index contributed by atoms with van der Waals surface area (Å²) in [6.45, 7) is 1.58. The molecular weight excluding hydrogens is 449 g/mol. The number of nitrogens with one attached hydrogen (secondary N) is 2. The number of nitrogens with zero attached hydrogens (tertiary/aromatic N) is 1. The summed E-state index contributed by atoms with van der Waals surface area (Å²) < 4.78 is 5.12. The van der Waals surface area contributed by atoms with E-state index in [1.165, 1.54) is 7.11 Å². The Kier molecular flexibility index (Phi) is 7.83. The number of carbonyl (C=O) groups excluding carboxylic acids is 2. The Morgan fingerprint density at radius 2 is 1.60 bits per heavy atom. The van der Waals surface area contributed by atoms with Crippen molar-refractivity contribution < 1.29 is 14.3 Å². The van der Waals surface area contributed by atoms with Crippen LogP contribution in [0.1, 0.15) is 12.8 Å². The van der Waals surface area contributed by atoms with Crippen LogP contribution in [0.3, 0.4) is 0 Å². The molecule has 2 aromatic carbocycles. The van der Waals surface area contributed by atoms with E-state index in [9.17, 15) is 9.59 Å². The van der Waals surface area contributed by atoms with E-state index in [1.54, 1.807) is 36.4 Å². The van der Waals surface area contributed by atoms with Crippen LogP contribution in [0.15, 0.2) is 36.4 Å². The molecule has 0 atom stereocenters. The SMILES string of the molecule is COc1ccc(NC(=O)C2CCN(CC(=O)Nc3ccc(Cl)c(Cl)c3)CC2)cc1Cl. The average Bonchev–Trinajstić information content (AvgIpc) is 2.71. The number of halogens is 3. The molecule has 1 saturated heterocycles. The van der Waals surface area contributed by atoms with E-state index in [2.05, 4.69) is 10.6 Å². The fourth-order valence-electron chi connectivity index (χ4n) is 3.32. The van der Waals surface area contributed by atoms with Gasteiger partial charge in [0.1, 0.15) is 5.75 Å². The van der Waals surface area contributed by atoms with Crippen molar-refractivity contribution in [3.8, 4) is 5.75 Å². The van der Waals surface area contributed by atoms with E-state index in [1.807, 2.05) is 4.90 Å². The molecule has 0 spiro atoms. The minimum Gasteiger partial charge on any atom is -0.495 e. The van der Waals surface area contributed by atoms with Crippen LogP contribution in [0.2, 0.25) is 15.1 Å². The highest BCUT2D eigenvalue weighted by Gasteiger charge is 2.26. The number of anilines is 2. The van der Waals surface area contributed by atoms with Crippen LogP contribution in [0.25, 0.3) is 0 Å². The Morgan fingerprint density at radius 1 is 0.967 bits per heavy atom. The molecule has 2 N–H and O–H groups in total. The highest BCUT2D eigenvalue weighted by molar-refractivity contribution is 6.42. The Balaban J connectivity index is 1.45. The zero-order valence-electron chi connectivity index (χ0n) is 16.4. The summed E-state index contributed by atoms with van der Waals surface area (Å²) in [5.41, 5.74) is 1.23. The fourth-order valence-corrected chi connectivity index (χ4v) is 3.88. The first-order valence-electron chi connectivity index (χ1n) is 9.47. The Bertz CT molecular complexity index is 931. The maximum absolute atomic E-state index is 12.6. The molecule has 2 amide bonds. The number of piperidine rings is 1. The smallest absolute Gasteiger partial charge is 0.238 e. The molecule has 0 radical (unpaired) electrons. The number of methoxy groups -OCH3 is 1. The monoisotopic (exact) mass is 469 g/mol. The molecule has 1 fully saturated rings. The van der Waals surface area contributed by atoms with E-state index >= 15 is 0 Å². The average molecular weight is 471 g/mol. The van der Waals surface area contributed by atoms with Crippen molar-refractivity contribution in [1.82, 2.24) is 4.90 Å². The summed E-state index contributed by atoms with van der Waals surface area (Å²) in [6, 6.07) is 10.1. The van der Waals surface area contributed by atoms with Crippen molar-refractivity contribution in [2.24, 2.45) is 5.92 Å². The van der Waals surface area contributed by atoms with E-state index in [4.69, 9.17) is 39.5 Å². The summed E-state index contributed by atoms with van der Waals surface area (Å²) in [6.07, 6.45) is 1.35. The van der Waals surface area contributed by atoms with Gasteiger partial charge in [0.15, 0.2) is 0 Å². The lowest BCUT2D eigenvalue weighted by Crippen LogP contribution is -2.41. The van der Waals surface area contributed by atoms with Crippen molar-refractivity contribution in [1.29, 1.82) is 0 Å². The third kappa shape index (κ3) is 6.01. The molecule has 9 heteroatoms. The molecule has 0 aromatic heterocycles. The lowest BCUT2D eigenvalue weighted by atomic mass is 9.96. The second-order valence-electron chi connectivity index (χ2n) is 7.07. The second kappa shape index (κ2) is 10.4. The summed E-state index contributed by atoms with van der Waals surface area (Å²) in [5, 5.41) is 6.98. The molecule has 3 rings (SSSR count). The molecule has 160 valence electrons. The maximum Gasteiger partial charge on any atom is 0.238 e. The number of hydrogen-bond donors (Lipinski definition) is 2. The van der Waals surface area contributed by atoms with Crippen LogP contribution in [0, 0.1) is 5.92 Å². The number of carbonyl (C=O) groups is 2. The molecule has 30 heavy (non-hydrogen) atoms. The number of benzene rings is 2. The van der Waals surface area contributed by atoms with Crippen molar-refractivity contribution in [3.63, 3.8) is 0 Å². The zero-order valence-corrected chi connectivity index (χ0v) is 18.7. The van der Waals surface area contributed by atoms with Gasteiger partial charge in [0.25, 0.3) is 0 Å². The van der Waals surface area contributed by atoms with Gasteiger partial charge in [-0.05, 0) is 62.3 Å². The van der Waals surface area contributed by atoms with Gasteiger partial charge in [0, 0.05) is 17.3 Å². The number of ether oxygens (including phenoxy) is 1. The number of rotatable bonds is 6. The van der Waals surface area contributed by atoms with Gasteiger partial charge >= 0.3 is 0 Å². The first kappa shape index (κ1) is 22.7. The van der Waals surface area contributed by atoms with Gasteiger partial charge in [0.2, 0.25) is 11.8 Å². The molecule has 2 aromatic rings. The third-order valence-corrected chi connectivity index (χ3v) is 5.98. The van der Waals surface area contributed by atoms with E-state index in [0.717, 1.165) is 0 Å². The summed E-state index contributed by atoms with van der Waals surface area (Å²) in [5.74, 6) is 0.266. The lowest BCUT2D eigenvalue weighted by molar-refractivity contribution is -0.121. The van der Waals surface area contributed by atoms with Gasteiger partial charge in [-0.15, -0.1) is 0 Å². The molecular formula is C21H22Cl3N3O3. The van der Waals surface area contributed by atoms with E-state index < -0.39 is 0 Å². The minimum absolute atomic E-state index is 0.0452. The fraction of sp³-hybridized carbons (Fsp3) is 0.333. The maximum atomic E-state index is 12.6. The van der Waals surface area contributed by atoms with Crippen LogP contribution in [0.5, 0.6) is 5.75 Å². The highest BCUT2D eigenvalue weighted by atomic mass is 35.5. The van der Waals surface area contributed by atoms with Gasteiger partial charge in [-0.3, -0.25) is 14.5 Å². The van der Waals surface area contributed by atoms with E-state index in [0.29, 0.717) is 58.1 Å². The summed E-state index contributed by atoms with van der Waals surface area (Å²) >= 11 is 18.0. The summed E-state index contributed by atoms with van der Waals surface area (Å²) in [4.78, 5) is 26.9. The van der Waals surface area contributed by atoms with Crippen LogP contribution < -0.4 is 15.4 Å². The molecule has 0 bridgehead atoms. The van der Waals surface area contributed by atoms with Crippen molar-refractivity contribution in [2.45, 2.75) is 12.8 Å². The first-order valence-corrected chi connectivity index (χ1v) is 10.6. The van der Waals surface area contributed by atoms with Gasteiger partial charge in [-0.25, -0.2) is 0 Å². The second-order valence-corrected chi connectivity index (χ2v) is 8.29. The van der Waals surface area contributed by atoms with Crippen LogP contribution in [-0.4, -0.2) is 43.5 Å². The summed E-state index contributed by atoms with van der Waals surface area (Å²) in [7, 11) is 1.54. The van der Waals surface area contributed by atoms with Gasteiger partial charge in [-0.1, -0.05) is 34.8 Å². The molecule has 0 aliphatic carbocycles. The number of amides is 2. The molecule has 1 aliphatic heterocycles. The highest BCUT2D eigenvalue weighted by Crippen LogP contribution is 2.28. The van der Waals surface area contributed by atoms with Crippen LogP contribution in [-0.2, 0) is 9.59 Å². The number of likely N-dealkylation sites (tertiary alicyclic amines) is 1. The topological polar surface area (TPSA) is 70.7 Å². The Hall–Kier alpha value is -1.99. The van der Waals surface area contributed by atoms with Gasteiger partial charge in [0.05, 0.1) is 28.7 Å². The zero-order chi connectivity index (χ0) is 21.7. The van der Waals surface area contributed by atoms with Gasteiger partial charge in [-0.2, -0.15) is 0 Å². The van der Waals surface area contributed by atoms with Crippen molar-refractivity contribution >= 4 is 58.0 Å². The first-order chi connectivity index (χ1) is 14.4. The predicted octanol–water partition coefficient (Wildman–Crippen LogP) is 4.94. The van der Waals surface area contributed by atoms with Crippen LogP contribution in [0.4, 0.5) is 11.4 Å². The molecule has 1 heterocycles. The standard InChI is InChI=1S/C21H22Cl3N3O3/c1-30-19-5-3-15(11-18(19)24)26-21(29)13-6-8-27(9-7-13)12-20(28)25-14-2-4-16(22)17(23)10-14/h2-5,10-11,13H,6-9,12H2,1H3,(H,25,28)(H,26,29). The molecule has 0 saturated carbocycles. The normalized spacial score (nSPS) is 14.9. The Labute approximate surface area is 190 Å². The largest absolute Gasteiger partial charge is 0.495 e. The lowest BCUT2D eigenvalue weighted by Gasteiger charge is -2.30. The molecule has 0 unspecified atom stereocenters. The minimum atomic E-state index is -0.135. The quantitative estimate of drug-likeness (QED) is 0.627. The van der Waals surface area contributed by atoms with Crippen molar-refractivity contribution in [3.05, 3.63) is 51.5 Å². The third-order valence-electron chi connectivity index (χ3n) is 4.95. The van der Waals surface area contributed by atoms with E-state index in [-0.39, 0.29) is 24.3 Å². The molecule has 1 aliphatic rings. The molecule has 6 nitrogen and oxygen atoms in total. The predicted molar refractivity (Wildman–Crippen MR) is 121 cm³/mol. The Morgan fingerprint density at radius 3 is 2.23 bits per heavy atom. The number of hydrogen-bond acceptors (Lipinski definition) is 4. The van der Waals surface area contributed by atoms with Gasteiger partial charge < -0.3 is 15.4 Å².